The second-order valence-electron chi connectivity index (χ2n) is 6.82. The van der Waals surface area contributed by atoms with Gasteiger partial charge in [0.05, 0.1) is 6.33 Å². The van der Waals surface area contributed by atoms with Gasteiger partial charge in [-0.3, -0.25) is 0 Å². The van der Waals surface area contributed by atoms with Crippen LogP contribution in [0.15, 0.2) is 6.33 Å². The Bertz CT molecular complexity index is 704. The van der Waals surface area contributed by atoms with Crippen molar-refractivity contribution in [2.75, 3.05) is 5.32 Å². The van der Waals surface area contributed by atoms with Gasteiger partial charge in [0, 0.05) is 6.04 Å². The number of aliphatic hydroxyl groups is 1. The van der Waals surface area contributed by atoms with Crippen LogP contribution in [0.5, 0.6) is 0 Å². The van der Waals surface area contributed by atoms with Crippen molar-refractivity contribution >= 4 is 28.6 Å². The van der Waals surface area contributed by atoms with Crippen molar-refractivity contribution in [2.24, 2.45) is 0 Å². The number of anilines is 1. The topological polar surface area (TPSA) is 75.9 Å². The Morgan fingerprint density at radius 1 is 1.13 bits per heavy atom. The summed E-state index contributed by atoms with van der Waals surface area (Å²) in [6, 6.07) is 0.441. The molecule has 6 nitrogen and oxygen atoms in total. The number of halogens is 1. The van der Waals surface area contributed by atoms with Crippen molar-refractivity contribution in [1.29, 1.82) is 0 Å². The average Bonchev–Trinajstić information content (AvgIpc) is 3.16. The molecule has 0 radical (unpaired) electrons. The van der Waals surface area contributed by atoms with Crippen molar-refractivity contribution in [3.8, 4) is 0 Å². The molecule has 23 heavy (non-hydrogen) atoms. The molecule has 0 aromatic carbocycles. The molecule has 0 bridgehead atoms. The van der Waals surface area contributed by atoms with Crippen LogP contribution in [-0.2, 0) is 0 Å². The molecule has 2 heterocycles. The Kier molecular flexibility index (Phi) is 3.89. The van der Waals surface area contributed by atoms with Crippen LogP contribution in [0.3, 0.4) is 0 Å². The van der Waals surface area contributed by atoms with Crippen molar-refractivity contribution in [3.63, 3.8) is 0 Å². The van der Waals surface area contributed by atoms with Crippen LogP contribution in [0.2, 0.25) is 5.28 Å². The number of hydrogen-bond acceptors (Lipinski definition) is 5. The second-order valence-corrected chi connectivity index (χ2v) is 7.16. The molecule has 2 aliphatic rings. The molecule has 2 aliphatic carbocycles. The van der Waals surface area contributed by atoms with Crippen LogP contribution < -0.4 is 5.32 Å². The van der Waals surface area contributed by atoms with E-state index >= 15 is 0 Å². The summed E-state index contributed by atoms with van der Waals surface area (Å²) >= 11 is 6.14. The lowest BCUT2D eigenvalue weighted by atomic mass is 9.92. The van der Waals surface area contributed by atoms with Crippen molar-refractivity contribution in [2.45, 2.75) is 69.6 Å². The number of hydrogen-bond donors (Lipinski definition) is 2. The highest BCUT2D eigenvalue weighted by molar-refractivity contribution is 6.28. The minimum Gasteiger partial charge on any atom is -0.371 e. The van der Waals surface area contributed by atoms with E-state index < -0.39 is 5.72 Å². The molecule has 7 heteroatoms. The SMILES string of the molecule is OC1(Nc2nc(Cl)nc3c2ncn3C2CCCC2)CCCCC1. The average molecular weight is 336 g/mol. The summed E-state index contributed by atoms with van der Waals surface area (Å²) in [4.78, 5) is 13.2. The van der Waals surface area contributed by atoms with Crippen LogP contribution >= 0.6 is 11.6 Å². The molecule has 2 aromatic rings. The Morgan fingerprint density at radius 2 is 1.87 bits per heavy atom. The first kappa shape index (κ1) is 15.1. The van der Waals surface area contributed by atoms with Gasteiger partial charge in [0.15, 0.2) is 17.0 Å². The Hall–Kier alpha value is -1.40. The molecule has 2 N–H and O–H groups in total. The highest BCUT2D eigenvalue weighted by atomic mass is 35.5. The third kappa shape index (κ3) is 2.90. The van der Waals surface area contributed by atoms with E-state index in [4.69, 9.17) is 11.6 Å². The van der Waals surface area contributed by atoms with Gasteiger partial charge in [-0.15, -0.1) is 0 Å². The van der Waals surface area contributed by atoms with Crippen LogP contribution in [-0.4, -0.2) is 30.4 Å². The van der Waals surface area contributed by atoms with E-state index in [1.54, 1.807) is 0 Å². The Balaban J connectivity index is 1.71. The van der Waals surface area contributed by atoms with Gasteiger partial charge < -0.3 is 15.0 Å². The third-order valence-corrected chi connectivity index (χ3v) is 5.31. The summed E-state index contributed by atoms with van der Waals surface area (Å²) in [5.41, 5.74) is 0.541. The lowest BCUT2D eigenvalue weighted by molar-refractivity contribution is 0.0314. The lowest BCUT2D eigenvalue weighted by Gasteiger charge is -2.33. The maximum absolute atomic E-state index is 10.7. The number of nitrogens with one attached hydrogen (secondary N) is 1. The number of rotatable bonds is 3. The van der Waals surface area contributed by atoms with Gasteiger partial charge in [0.25, 0.3) is 0 Å². The molecule has 124 valence electrons. The molecule has 0 amide bonds. The van der Waals surface area contributed by atoms with Gasteiger partial charge in [-0.05, 0) is 50.1 Å². The van der Waals surface area contributed by atoms with Crippen LogP contribution in [0.25, 0.3) is 11.2 Å². The van der Waals surface area contributed by atoms with Crippen LogP contribution in [0.4, 0.5) is 5.82 Å². The second kappa shape index (κ2) is 5.91. The number of imidazole rings is 1. The molecule has 0 spiro atoms. The maximum Gasteiger partial charge on any atom is 0.226 e. The van der Waals surface area contributed by atoms with Gasteiger partial charge in [-0.2, -0.15) is 9.97 Å². The zero-order valence-corrected chi connectivity index (χ0v) is 13.9. The number of fused-ring (bicyclic) bond motifs is 1. The van der Waals surface area contributed by atoms with Gasteiger partial charge in [0.2, 0.25) is 5.28 Å². The lowest BCUT2D eigenvalue weighted by Crippen LogP contribution is -2.40. The van der Waals surface area contributed by atoms with Gasteiger partial charge in [-0.25, -0.2) is 4.98 Å². The number of nitrogens with zero attached hydrogens (tertiary/aromatic N) is 4. The largest absolute Gasteiger partial charge is 0.371 e. The standard InChI is InChI=1S/C16H22ClN5O/c17-15-19-13(21-16(23)8-4-1-5-9-16)12-14(20-15)22(10-18-12)11-6-2-3-7-11/h10-11,23H,1-9H2,(H,19,20,21). The van der Waals surface area contributed by atoms with Gasteiger partial charge >= 0.3 is 0 Å². The smallest absolute Gasteiger partial charge is 0.226 e. The van der Waals surface area contributed by atoms with Gasteiger partial charge in [-0.1, -0.05) is 19.3 Å². The molecule has 2 saturated carbocycles. The van der Waals surface area contributed by atoms with E-state index in [1.165, 1.54) is 19.3 Å². The summed E-state index contributed by atoms with van der Waals surface area (Å²) in [6.07, 6.45) is 11.3. The molecule has 2 aromatic heterocycles. The van der Waals surface area contributed by atoms with E-state index in [9.17, 15) is 5.11 Å². The Labute approximate surface area is 140 Å². The van der Waals surface area contributed by atoms with E-state index in [2.05, 4.69) is 24.8 Å². The molecular weight excluding hydrogens is 314 g/mol. The van der Waals surface area contributed by atoms with Gasteiger partial charge in [0.1, 0.15) is 5.72 Å². The fourth-order valence-corrected chi connectivity index (χ4v) is 4.07. The molecule has 0 saturated heterocycles. The summed E-state index contributed by atoms with van der Waals surface area (Å²) < 4.78 is 2.12. The van der Waals surface area contributed by atoms with Crippen molar-refractivity contribution < 1.29 is 5.11 Å². The first-order valence-electron chi connectivity index (χ1n) is 8.55. The summed E-state index contributed by atoms with van der Waals surface area (Å²) in [5.74, 6) is 0.543. The zero-order valence-electron chi connectivity index (χ0n) is 13.1. The molecule has 4 rings (SSSR count). The highest BCUT2D eigenvalue weighted by Gasteiger charge is 2.31. The predicted octanol–water partition coefficient (Wildman–Crippen LogP) is 3.66. The highest BCUT2D eigenvalue weighted by Crippen LogP contribution is 2.35. The van der Waals surface area contributed by atoms with Crippen LogP contribution in [0, 0.1) is 0 Å². The van der Waals surface area contributed by atoms with E-state index in [1.807, 2.05) is 6.33 Å². The van der Waals surface area contributed by atoms with E-state index in [0.29, 0.717) is 17.4 Å². The number of aromatic nitrogens is 4. The maximum atomic E-state index is 10.7. The fraction of sp³-hybridized carbons (Fsp3) is 0.688. The minimum absolute atomic E-state index is 0.194. The van der Waals surface area contributed by atoms with Crippen molar-refractivity contribution in [1.82, 2.24) is 19.5 Å². The Morgan fingerprint density at radius 3 is 2.61 bits per heavy atom. The van der Waals surface area contributed by atoms with Crippen LogP contribution in [0.1, 0.15) is 63.8 Å². The molecular formula is C16H22ClN5O. The third-order valence-electron chi connectivity index (χ3n) is 5.14. The molecule has 0 atom stereocenters. The zero-order chi connectivity index (χ0) is 15.9. The molecule has 2 fully saturated rings. The fourth-order valence-electron chi connectivity index (χ4n) is 3.91. The molecule has 0 aliphatic heterocycles. The van der Waals surface area contributed by atoms with E-state index in [0.717, 1.165) is 44.2 Å². The van der Waals surface area contributed by atoms with E-state index in [-0.39, 0.29) is 5.28 Å². The normalized spacial score (nSPS) is 21.8. The minimum atomic E-state index is -0.917. The monoisotopic (exact) mass is 335 g/mol. The first-order valence-corrected chi connectivity index (χ1v) is 8.93. The predicted molar refractivity (Wildman–Crippen MR) is 89.5 cm³/mol. The van der Waals surface area contributed by atoms with Crippen molar-refractivity contribution in [3.05, 3.63) is 11.6 Å². The molecule has 0 unspecified atom stereocenters. The summed E-state index contributed by atoms with van der Waals surface area (Å²) in [6.45, 7) is 0. The summed E-state index contributed by atoms with van der Waals surface area (Å²) in [5, 5.41) is 14.1. The quantitative estimate of drug-likeness (QED) is 0.661. The first-order chi connectivity index (χ1) is 11.1. The summed E-state index contributed by atoms with van der Waals surface area (Å²) in [7, 11) is 0.